The molecule has 0 saturated carbocycles. The number of aryl methyl sites for hydroxylation is 1. The van der Waals surface area contributed by atoms with Crippen LogP contribution >= 0.6 is 11.6 Å². The largest absolute Gasteiger partial charge is 0.489 e. The van der Waals surface area contributed by atoms with Crippen LogP contribution in [0.1, 0.15) is 27.4 Å². The third-order valence-electron chi connectivity index (χ3n) is 3.97. The monoisotopic (exact) mass is 366 g/mol. The zero-order valence-electron chi connectivity index (χ0n) is 14.0. The van der Waals surface area contributed by atoms with Crippen molar-refractivity contribution >= 4 is 23.5 Å². The summed E-state index contributed by atoms with van der Waals surface area (Å²) in [6.07, 6.45) is 1.60. The van der Waals surface area contributed by atoms with Gasteiger partial charge in [0.1, 0.15) is 29.6 Å². The van der Waals surface area contributed by atoms with E-state index >= 15 is 0 Å². The van der Waals surface area contributed by atoms with Crippen molar-refractivity contribution in [1.82, 2.24) is 0 Å². The fraction of sp³-hybridized carbons (Fsp3) is 0.0952. The van der Waals surface area contributed by atoms with Crippen LogP contribution in [0.5, 0.6) is 11.5 Å². The molecule has 2 heterocycles. The number of hydrogen-bond acceptors (Lipinski definition) is 4. The summed E-state index contributed by atoms with van der Waals surface area (Å²) in [5.41, 5.74) is 1.47. The average Bonchev–Trinajstić information content (AvgIpc) is 3.17. The zero-order chi connectivity index (χ0) is 18.1. The highest BCUT2D eigenvalue weighted by atomic mass is 35.5. The van der Waals surface area contributed by atoms with Gasteiger partial charge in [0.15, 0.2) is 5.76 Å². The Labute approximate surface area is 155 Å². The third-order valence-corrected chi connectivity index (χ3v) is 4.21. The van der Waals surface area contributed by atoms with E-state index in [0.29, 0.717) is 34.5 Å². The van der Waals surface area contributed by atoms with E-state index in [0.717, 1.165) is 11.3 Å². The van der Waals surface area contributed by atoms with E-state index < -0.39 is 0 Å². The molecule has 0 aliphatic carbocycles. The van der Waals surface area contributed by atoms with Crippen LogP contribution in [0.3, 0.4) is 0 Å². The van der Waals surface area contributed by atoms with E-state index in [4.69, 9.17) is 25.5 Å². The van der Waals surface area contributed by atoms with E-state index in [1.807, 2.05) is 37.3 Å². The molecular weight excluding hydrogens is 352 g/mol. The van der Waals surface area contributed by atoms with Gasteiger partial charge in [-0.2, -0.15) is 0 Å². The molecule has 3 aromatic rings. The Morgan fingerprint density at radius 2 is 2.00 bits per heavy atom. The summed E-state index contributed by atoms with van der Waals surface area (Å²) in [4.78, 5) is 12.4. The summed E-state index contributed by atoms with van der Waals surface area (Å²) in [5.74, 6) is 2.52. The number of carbonyl (C=O) groups excluding carboxylic acids is 1. The second-order valence-electron chi connectivity index (χ2n) is 5.96. The summed E-state index contributed by atoms with van der Waals surface area (Å²) in [5, 5.41) is 0.664. The van der Waals surface area contributed by atoms with Crippen LogP contribution in [-0.2, 0) is 6.61 Å². The lowest BCUT2D eigenvalue weighted by molar-refractivity contribution is 0.101. The van der Waals surface area contributed by atoms with Crippen molar-refractivity contribution in [2.24, 2.45) is 0 Å². The first kappa shape index (κ1) is 16.5. The van der Waals surface area contributed by atoms with Crippen molar-refractivity contribution < 1.29 is 18.7 Å². The SMILES string of the molecule is Cc1ccc(C=C2Oc3cc(OCc4cccc(Cl)c4)ccc3C2=O)o1. The fourth-order valence-electron chi connectivity index (χ4n) is 2.71. The quantitative estimate of drug-likeness (QED) is 0.577. The van der Waals surface area contributed by atoms with Crippen molar-refractivity contribution in [3.63, 3.8) is 0 Å². The number of carbonyl (C=O) groups is 1. The van der Waals surface area contributed by atoms with Crippen LogP contribution in [-0.4, -0.2) is 5.78 Å². The normalized spacial score (nSPS) is 14.4. The maximum atomic E-state index is 12.4. The summed E-state index contributed by atoms with van der Waals surface area (Å²) in [6.45, 7) is 2.22. The summed E-state index contributed by atoms with van der Waals surface area (Å²) < 4.78 is 16.9. The summed E-state index contributed by atoms with van der Waals surface area (Å²) >= 11 is 5.98. The van der Waals surface area contributed by atoms with Gasteiger partial charge in [0, 0.05) is 17.2 Å². The second-order valence-corrected chi connectivity index (χ2v) is 6.40. The van der Waals surface area contributed by atoms with Gasteiger partial charge in [-0.15, -0.1) is 0 Å². The molecule has 0 atom stereocenters. The number of ether oxygens (including phenoxy) is 2. The molecule has 5 heteroatoms. The summed E-state index contributed by atoms with van der Waals surface area (Å²) in [6, 6.07) is 16.3. The lowest BCUT2D eigenvalue weighted by atomic mass is 10.1. The molecule has 0 saturated heterocycles. The van der Waals surface area contributed by atoms with Gasteiger partial charge in [-0.25, -0.2) is 0 Å². The average molecular weight is 367 g/mol. The highest BCUT2D eigenvalue weighted by Crippen LogP contribution is 2.35. The van der Waals surface area contributed by atoms with Gasteiger partial charge in [-0.05, 0) is 48.9 Å². The molecule has 0 bridgehead atoms. The van der Waals surface area contributed by atoms with Crippen LogP contribution in [0.4, 0.5) is 0 Å². The van der Waals surface area contributed by atoms with E-state index in [2.05, 4.69) is 0 Å². The lowest BCUT2D eigenvalue weighted by Crippen LogP contribution is -1.97. The van der Waals surface area contributed by atoms with E-state index in [1.165, 1.54) is 0 Å². The molecule has 0 amide bonds. The first-order valence-corrected chi connectivity index (χ1v) is 8.48. The smallest absolute Gasteiger partial charge is 0.232 e. The molecule has 2 aromatic carbocycles. The molecule has 1 aliphatic rings. The maximum absolute atomic E-state index is 12.4. The standard InChI is InChI=1S/C21H15ClO4/c1-13-5-6-17(25-13)11-20-21(23)18-8-7-16(10-19(18)26-20)24-12-14-3-2-4-15(22)9-14/h2-11H,12H2,1H3. The van der Waals surface area contributed by atoms with Crippen molar-refractivity contribution in [3.05, 3.63) is 88.0 Å². The van der Waals surface area contributed by atoms with Crippen LogP contribution < -0.4 is 9.47 Å². The van der Waals surface area contributed by atoms with E-state index in [1.54, 1.807) is 30.3 Å². The minimum Gasteiger partial charge on any atom is -0.489 e. The molecule has 4 rings (SSSR count). The minimum absolute atomic E-state index is 0.171. The highest BCUT2D eigenvalue weighted by Gasteiger charge is 2.28. The molecular formula is C21H15ClO4. The van der Waals surface area contributed by atoms with Crippen LogP contribution in [0.2, 0.25) is 5.02 Å². The fourth-order valence-corrected chi connectivity index (χ4v) is 2.92. The minimum atomic E-state index is -0.171. The number of benzene rings is 2. The molecule has 1 aliphatic heterocycles. The van der Waals surface area contributed by atoms with Gasteiger partial charge in [0.05, 0.1) is 5.56 Å². The Kier molecular flexibility index (Phi) is 4.27. The second kappa shape index (κ2) is 6.73. The first-order chi connectivity index (χ1) is 12.6. The number of fused-ring (bicyclic) bond motifs is 1. The van der Waals surface area contributed by atoms with Gasteiger partial charge in [-0.3, -0.25) is 4.79 Å². The van der Waals surface area contributed by atoms with Crippen molar-refractivity contribution in [2.45, 2.75) is 13.5 Å². The molecule has 0 unspecified atom stereocenters. The van der Waals surface area contributed by atoms with Crippen molar-refractivity contribution in [1.29, 1.82) is 0 Å². The Bertz CT molecular complexity index is 1020. The van der Waals surface area contributed by atoms with Gasteiger partial charge in [0.2, 0.25) is 5.78 Å². The molecule has 0 spiro atoms. The first-order valence-electron chi connectivity index (χ1n) is 8.10. The zero-order valence-corrected chi connectivity index (χ0v) is 14.7. The number of ketones is 1. The number of rotatable bonds is 4. The predicted molar refractivity (Wildman–Crippen MR) is 98.6 cm³/mol. The maximum Gasteiger partial charge on any atom is 0.232 e. The van der Waals surface area contributed by atoms with Gasteiger partial charge in [0.25, 0.3) is 0 Å². The lowest BCUT2D eigenvalue weighted by Gasteiger charge is -2.07. The molecule has 0 radical (unpaired) electrons. The number of Topliss-reactive ketones (excluding diaryl/α,β-unsaturated/α-hetero) is 1. The van der Waals surface area contributed by atoms with Gasteiger partial charge < -0.3 is 13.9 Å². The van der Waals surface area contributed by atoms with Crippen molar-refractivity contribution in [2.75, 3.05) is 0 Å². The predicted octanol–water partition coefficient (Wildman–Crippen LogP) is 5.44. The number of allylic oxidation sites excluding steroid dienone is 1. The number of halogens is 1. The molecule has 130 valence electrons. The Hall–Kier alpha value is -2.98. The summed E-state index contributed by atoms with van der Waals surface area (Å²) in [7, 11) is 0. The number of furan rings is 1. The van der Waals surface area contributed by atoms with Gasteiger partial charge in [-0.1, -0.05) is 23.7 Å². The van der Waals surface area contributed by atoms with E-state index in [9.17, 15) is 4.79 Å². The molecule has 0 fully saturated rings. The molecule has 26 heavy (non-hydrogen) atoms. The highest BCUT2D eigenvalue weighted by molar-refractivity contribution is 6.30. The van der Waals surface area contributed by atoms with Crippen LogP contribution in [0.15, 0.2) is 64.8 Å². The molecule has 1 aromatic heterocycles. The Balaban J connectivity index is 1.51. The van der Waals surface area contributed by atoms with Crippen LogP contribution in [0, 0.1) is 6.92 Å². The van der Waals surface area contributed by atoms with E-state index in [-0.39, 0.29) is 11.5 Å². The molecule has 0 N–H and O–H groups in total. The Morgan fingerprint density at radius 1 is 1.12 bits per heavy atom. The third kappa shape index (κ3) is 3.37. The molecule has 4 nitrogen and oxygen atoms in total. The van der Waals surface area contributed by atoms with Crippen LogP contribution in [0.25, 0.3) is 6.08 Å². The number of hydrogen-bond donors (Lipinski definition) is 0. The van der Waals surface area contributed by atoms with Gasteiger partial charge >= 0.3 is 0 Å². The Morgan fingerprint density at radius 3 is 2.77 bits per heavy atom. The van der Waals surface area contributed by atoms with Crippen molar-refractivity contribution in [3.8, 4) is 11.5 Å². The topological polar surface area (TPSA) is 48.7 Å².